The molecule has 0 saturated carbocycles. The van der Waals surface area contributed by atoms with Crippen LogP contribution < -0.4 is 10.6 Å². The molecule has 0 radical (unpaired) electrons. The van der Waals surface area contributed by atoms with Crippen molar-refractivity contribution in [3.05, 3.63) is 11.8 Å². The second-order valence-electron chi connectivity index (χ2n) is 5.44. The summed E-state index contributed by atoms with van der Waals surface area (Å²) in [6.07, 6.45) is 2.67. The Morgan fingerprint density at radius 3 is 3.11 bits per heavy atom. The van der Waals surface area contributed by atoms with E-state index in [0.717, 1.165) is 37.6 Å². The average molecular weight is 264 g/mol. The largest absolute Gasteiger partial charge is 0.381 e. The van der Waals surface area contributed by atoms with Crippen molar-refractivity contribution in [2.24, 2.45) is 11.7 Å². The number of carbonyl (C=O) groups is 1. The van der Waals surface area contributed by atoms with E-state index < -0.39 is 6.04 Å². The number of hydrogen-bond donors (Lipinski definition) is 1. The highest BCUT2D eigenvalue weighted by Crippen LogP contribution is 2.24. The second-order valence-corrected chi connectivity index (χ2v) is 5.44. The number of hydrogen-bond acceptors (Lipinski definition) is 4. The lowest BCUT2D eigenvalue weighted by Gasteiger charge is -2.16. The molecule has 2 unspecified atom stereocenters. The molecule has 104 valence electrons. The standard InChI is InChI=1S/C13H20N4O2/c1-16-12-7-10(6-9-3-5-19-8-9)15-17(12)4-2-11(14)13(16)18/h7,9,11H,2-6,8,14H2,1H3. The van der Waals surface area contributed by atoms with E-state index in [9.17, 15) is 4.79 Å². The van der Waals surface area contributed by atoms with Crippen LogP contribution in [0.2, 0.25) is 0 Å². The molecule has 1 aromatic rings. The molecule has 2 aliphatic heterocycles. The van der Waals surface area contributed by atoms with Crippen LogP contribution in [0, 0.1) is 5.92 Å². The molecule has 0 aromatic carbocycles. The van der Waals surface area contributed by atoms with E-state index in [2.05, 4.69) is 5.10 Å². The van der Waals surface area contributed by atoms with Gasteiger partial charge in [0, 0.05) is 32.9 Å². The Morgan fingerprint density at radius 1 is 1.53 bits per heavy atom. The second kappa shape index (κ2) is 4.94. The predicted molar refractivity (Wildman–Crippen MR) is 70.9 cm³/mol. The number of ether oxygens (including phenoxy) is 1. The van der Waals surface area contributed by atoms with Gasteiger partial charge in [-0.3, -0.25) is 9.69 Å². The van der Waals surface area contributed by atoms with Gasteiger partial charge in [0.15, 0.2) is 0 Å². The minimum Gasteiger partial charge on any atom is -0.381 e. The summed E-state index contributed by atoms with van der Waals surface area (Å²) in [6.45, 7) is 2.38. The van der Waals surface area contributed by atoms with E-state index in [0.29, 0.717) is 18.9 Å². The number of rotatable bonds is 2. The first kappa shape index (κ1) is 12.6. The van der Waals surface area contributed by atoms with Gasteiger partial charge in [0.25, 0.3) is 0 Å². The van der Waals surface area contributed by atoms with Crippen molar-refractivity contribution in [1.29, 1.82) is 0 Å². The lowest BCUT2D eigenvalue weighted by molar-refractivity contribution is -0.119. The van der Waals surface area contributed by atoms with Gasteiger partial charge >= 0.3 is 0 Å². The van der Waals surface area contributed by atoms with Gasteiger partial charge in [0.05, 0.1) is 11.7 Å². The van der Waals surface area contributed by atoms with Crippen molar-refractivity contribution in [3.8, 4) is 0 Å². The molecule has 0 bridgehead atoms. The van der Waals surface area contributed by atoms with Gasteiger partial charge in [-0.15, -0.1) is 0 Å². The van der Waals surface area contributed by atoms with Crippen molar-refractivity contribution in [2.75, 3.05) is 25.2 Å². The summed E-state index contributed by atoms with van der Waals surface area (Å²) in [5.41, 5.74) is 6.87. The Hall–Kier alpha value is -1.40. The maximum absolute atomic E-state index is 12.0. The van der Waals surface area contributed by atoms with Crippen LogP contribution in [-0.2, 0) is 22.5 Å². The first-order valence-corrected chi connectivity index (χ1v) is 6.83. The topological polar surface area (TPSA) is 73.4 Å². The number of nitrogens with zero attached hydrogens (tertiary/aromatic N) is 3. The molecular formula is C13H20N4O2. The molecule has 1 amide bonds. The summed E-state index contributed by atoms with van der Waals surface area (Å²) in [6, 6.07) is 1.59. The molecule has 2 atom stereocenters. The molecule has 3 rings (SSSR count). The molecule has 2 aliphatic rings. The highest BCUT2D eigenvalue weighted by Gasteiger charge is 2.27. The molecule has 2 N–H and O–H groups in total. The maximum atomic E-state index is 12.0. The summed E-state index contributed by atoms with van der Waals surface area (Å²) in [7, 11) is 1.77. The molecule has 6 heteroatoms. The van der Waals surface area contributed by atoms with E-state index in [-0.39, 0.29) is 5.91 Å². The van der Waals surface area contributed by atoms with E-state index in [1.165, 1.54) is 0 Å². The molecule has 6 nitrogen and oxygen atoms in total. The lowest BCUT2D eigenvalue weighted by Crippen LogP contribution is -2.40. The van der Waals surface area contributed by atoms with Crippen molar-refractivity contribution in [3.63, 3.8) is 0 Å². The predicted octanol–water partition coefficient (Wildman–Crippen LogP) is 0.156. The van der Waals surface area contributed by atoms with Gasteiger partial charge in [-0.2, -0.15) is 5.10 Å². The Morgan fingerprint density at radius 2 is 2.37 bits per heavy atom. The van der Waals surface area contributed by atoms with Crippen LogP contribution in [-0.4, -0.2) is 42.0 Å². The van der Waals surface area contributed by atoms with Crippen LogP contribution in [0.5, 0.6) is 0 Å². The van der Waals surface area contributed by atoms with Crippen LogP contribution in [0.3, 0.4) is 0 Å². The van der Waals surface area contributed by atoms with Gasteiger partial charge in [0.1, 0.15) is 5.82 Å². The molecule has 1 fully saturated rings. The molecule has 3 heterocycles. The number of likely N-dealkylation sites (N-methyl/N-ethyl adjacent to an activating group) is 1. The summed E-state index contributed by atoms with van der Waals surface area (Å²) in [4.78, 5) is 13.6. The van der Waals surface area contributed by atoms with E-state index in [4.69, 9.17) is 10.5 Å². The summed E-state index contributed by atoms with van der Waals surface area (Å²) < 4.78 is 7.29. The lowest BCUT2D eigenvalue weighted by atomic mass is 10.0. The SMILES string of the molecule is CN1C(=O)C(N)CCn2nc(CC3CCOC3)cc21. The fourth-order valence-electron chi connectivity index (χ4n) is 2.78. The molecule has 1 aromatic heterocycles. The fourth-order valence-corrected chi connectivity index (χ4v) is 2.78. The van der Waals surface area contributed by atoms with Crippen LogP contribution in [0.15, 0.2) is 6.07 Å². The van der Waals surface area contributed by atoms with Gasteiger partial charge < -0.3 is 10.5 Å². The van der Waals surface area contributed by atoms with Gasteiger partial charge in [0.2, 0.25) is 5.91 Å². The summed E-state index contributed by atoms with van der Waals surface area (Å²) in [5.74, 6) is 1.38. The van der Waals surface area contributed by atoms with Gasteiger partial charge in [-0.1, -0.05) is 0 Å². The smallest absolute Gasteiger partial charge is 0.244 e. The Bertz CT molecular complexity index is 479. The number of aryl methyl sites for hydroxylation is 1. The summed E-state index contributed by atoms with van der Waals surface area (Å²) >= 11 is 0. The molecule has 0 aliphatic carbocycles. The quantitative estimate of drug-likeness (QED) is 0.825. The molecule has 19 heavy (non-hydrogen) atoms. The van der Waals surface area contributed by atoms with Crippen LogP contribution in [0.4, 0.5) is 5.82 Å². The Balaban J connectivity index is 1.80. The monoisotopic (exact) mass is 264 g/mol. The van der Waals surface area contributed by atoms with Gasteiger partial charge in [-0.25, -0.2) is 4.68 Å². The molecular weight excluding hydrogens is 244 g/mol. The zero-order chi connectivity index (χ0) is 13.4. The average Bonchev–Trinajstić information content (AvgIpc) is 3.02. The number of aromatic nitrogens is 2. The third-order valence-electron chi connectivity index (χ3n) is 3.97. The van der Waals surface area contributed by atoms with Crippen LogP contribution in [0.1, 0.15) is 18.5 Å². The fraction of sp³-hybridized carbons (Fsp3) is 0.692. The van der Waals surface area contributed by atoms with Crippen LogP contribution >= 0.6 is 0 Å². The van der Waals surface area contributed by atoms with E-state index in [1.54, 1.807) is 11.9 Å². The zero-order valence-electron chi connectivity index (χ0n) is 11.2. The van der Waals surface area contributed by atoms with E-state index >= 15 is 0 Å². The Labute approximate surface area is 112 Å². The minimum atomic E-state index is -0.418. The maximum Gasteiger partial charge on any atom is 0.244 e. The number of anilines is 1. The number of fused-ring (bicyclic) bond motifs is 1. The van der Waals surface area contributed by atoms with Gasteiger partial charge in [-0.05, 0) is 25.2 Å². The minimum absolute atomic E-state index is 0.0330. The summed E-state index contributed by atoms with van der Waals surface area (Å²) in [5, 5.41) is 4.61. The third-order valence-corrected chi connectivity index (χ3v) is 3.97. The first-order valence-electron chi connectivity index (χ1n) is 6.83. The first-order chi connectivity index (χ1) is 9.15. The highest BCUT2D eigenvalue weighted by atomic mass is 16.5. The van der Waals surface area contributed by atoms with E-state index in [1.807, 2.05) is 10.7 Å². The highest BCUT2D eigenvalue weighted by molar-refractivity contribution is 5.96. The molecule has 0 spiro atoms. The van der Waals surface area contributed by atoms with Crippen LogP contribution in [0.25, 0.3) is 0 Å². The number of nitrogens with two attached hydrogens (primary N) is 1. The van der Waals surface area contributed by atoms with Crippen molar-refractivity contribution in [1.82, 2.24) is 9.78 Å². The number of amides is 1. The van der Waals surface area contributed by atoms with Crippen molar-refractivity contribution in [2.45, 2.75) is 31.8 Å². The van der Waals surface area contributed by atoms with Crippen molar-refractivity contribution < 1.29 is 9.53 Å². The Kier molecular flexibility index (Phi) is 3.28. The third kappa shape index (κ3) is 2.37. The normalized spacial score (nSPS) is 27.5. The number of carbonyl (C=O) groups excluding carboxylic acids is 1. The zero-order valence-corrected chi connectivity index (χ0v) is 11.2. The molecule has 1 saturated heterocycles. The van der Waals surface area contributed by atoms with Crippen molar-refractivity contribution >= 4 is 11.7 Å².